The molecule has 12 heteroatoms. The van der Waals surface area contributed by atoms with Crippen molar-refractivity contribution in [2.24, 2.45) is 0 Å². The van der Waals surface area contributed by atoms with E-state index in [4.69, 9.17) is 17.9 Å². The Morgan fingerprint density at radius 3 is 2.39 bits per heavy atom. The molecule has 0 bridgehead atoms. The normalized spacial score (nSPS) is 21.4. The summed E-state index contributed by atoms with van der Waals surface area (Å²) in [6, 6.07) is 6.18. The summed E-state index contributed by atoms with van der Waals surface area (Å²) in [5.74, 6) is 0.229. The Balaban J connectivity index is 1.94. The highest BCUT2D eigenvalue weighted by Crippen LogP contribution is 2.38. The predicted octanol–water partition coefficient (Wildman–Crippen LogP) is 3.29. The number of aliphatic hydroxyl groups is 2. The van der Waals surface area contributed by atoms with Crippen LogP contribution in [0.4, 0.5) is 24.5 Å². The molecule has 2 N–H and O–H groups in total. The number of ether oxygens (including phenoxy) is 1. The second-order valence-corrected chi connectivity index (χ2v) is 9.42. The summed E-state index contributed by atoms with van der Waals surface area (Å²) in [4.78, 5) is 5.61. The molecule has 0 spiro atoms. The average Bonchev–Trinajstić information content (AvgIpc) is 3.10. The Kier molecular flexibility index (Phi) is 6.42. The van der Waals surface area contributed by atoms with E-state index in [1.807, 2.05) is 0 Å². The maximum atomic E-state index is 13.1. The third-order valence-corrected chi connectivity index (χ3v) is 7.14. The van der Waals surface area contributed by atoms with Gasteiger partial charge in [-0.2, -0.15) is 17.5 Å². The first-order valence-electron chi connectivity index (χ1n) is 9.42. The standard InChI is InChI=1S/C21H18F3N3O5S/c1-13-8-15(5-6-16(13)25-2)32-19-10-27(11-20(19,29)12-28)33(30,31)18-7-4-14(21(22,23)24)9-17(18)26-3/h4-9,19,28-29H,10-12H2,1H3/t19-,20+/m0/s1. The summed E-state index contributed by atoms with van der Waals surface area (Å²) in [5.41, 5.74) is -2.93. The van der Waals surface area contributed by atoms with Gasteiger partial charge in [-0.1, -0.05) is 18.2 Å². The molecule has 1 heterocycles. The molecule has 1 aliphatic rings. The molecule has 0 aliphatic carbocycles. The number of alkyl halides is 3. The number of hydrogen-bond donors (Lipinski definition) is 2. The van der Waals surface area contributed by atoms with E-state index in [1.165, 1.54) is 18.2 Å². The summed E-state index contributed by atoms with van der Waals surface area (Å²) < 4.78 is 71.6. The van der Waals surface area contributed by atoms with E-state index in [0.29, 0.717) is 29.4 Å². The lowest BCUT2D eigenvalue weighted by Crippen LogP contribution is -2.48. The quantitative estimate of drug-likeness (QED) is 0.639. The van der Waals surface area contributed by atoms with Crippen LogP contribution in [-0.2, 0) is 16.2 Å². The highest BCUT2D eigenvalue weighted by molar-refractivity contribution is 7.89. The highest BCUT2D eigenvalue weighted by Gasteiger charge is 2.51. The largest absolute Gasteiger partial charge is 0.486 e. The number of benzene rings is 2. The molecule has 0 radical (unpaired) electrons. The van der Waals surface area contributed by atoms with Gasteiger partial charge in [0.2, 0.25) is 15.7 Å². The van der Waals surface area contributed by atoms with E-state index < -0.39 is 63.7 Å². The number of rotatable bonds is 5. The molecule has 0 saturated carbocycles. The number of β-amino-alcohol motifs (C(OH)–C–C–N with tert-alkyl or cyclic N) is 1. The number of hydrogen-bond acceptors (Lipinski definition) is 5. The topological polar surface area (TPSA) is 95.8 Å². The Hall–Kier alpha value is -3.16. The summed E-state index contributed by atoms with van der Waals surface area (Å²) in [6.45, 7) is 14.0. The van der Waals surface area contributed by atoms with Crippen LogP contribution in [0.5, 0.6) is 5.75 Å². The monoisotopic (exact) mass is 481 g/mol. The van der Waals surface area contributed by atoms with Crippen molar-refractivity contribution in [2.75, 3.05) is 19.7 Å². The summed E-state index contributed by atoms with van der Waals surface area (Å²) in [6.07, 6.45) is -5.98. The molecule has 1 saturated heterocycles. The zero-order chi connectivity index (χ0) is 24.6. The van der Waals surface area contributed by atoms with Gasteiger partial charge in [-0.3, -0.25) is 0 Å². The smallest absolute Gasteiger partial charge is 0.415 e. The maximum absolute atomic E-state index is 13.1. The van der Waals surface area contributed by atoms with Crippen LogP contribution in [0.3, 0.4) is 0 Å². The van der Waals surface area contributed by atoms with Gasteiger partial charge in [0.05, 0.1) is 31.2 Å². The van der Waals surface area contributed by atoms with Crippen LogP contribution in [0.2, 0.25) is 0 Å². The minimum atomic E-state index is -4.76. The third-order valence-electron chi connectivity index (χ3n) is 5.28. The highest BCUT2D eigenvalue weighted by atomic mass is 32.2. The zero-order valence-electron chi connectivity index (χ0n) is 17.2. The van der Waals surface area contributed by atoms with Crippen molar-refractivity contribution >= 4 is 21.4 Å². The fourth-order valence-corrected chi connectivity index (χ4v) is 5.05. The van der Waals surface area contributed by atoms with Crippen molar-refractivity contribution in [3.63, 3.8) is 0 Å². The summed E-state index contributed by atoms with van der Waals surface area (Å²) in [7, 11) is -4.51. The van der Waals surface area contributed by atoms with Crippen LogP contribution in [0, 0.1) is 20.1 Å². The van der Waals surface area contributed by atoms with Crippen molar-refractivity contribution in [2.45, 2.75) is 29.7 Å². The van der Waals surface area contributed by atoms with Crippen LogP contribution in [0.25, 0.3) is 9.69 Å². The Bertz CT molecular complexity index is 1270. The molecule has 1 aliphatic heterocycles. The van der Waals surface area contributed by atoms with E-state index >= 15 is 0 Å². The van der Waals surface area contributed by atoms with Crippen LogP contribution in [0.15, 0.2) is 41.3 Å². The van der Waals surface area contributed by atoms with Crippen molar-refractivity contribution in [3.05, 3.63) is 70.4 Å². The summed E-state index contributed by atoms with van der Waals surface area (Å²) >= 11 is 0. The van der Waals surface area contributed by atoms with Gasteiger partial charge in [0, 0.05) is 12.1 Å². The second-order valence-electron chi connectivity index (χ2n) is 7.52. The first kappa shape index (κ1) is 24.5. The minimum absolute atomic E-state index is 0.229. The van der Waals surface area contributed by atoms with Gasteiger partial charge in [-0.05, 0) is 30.7 Å². The number of aryl methyl sites for hydroxylation is 1. The Morgan fingerprint density at radius 2 is 1.85 bits per heavy atom. The van der Waals surface area contributed by atoms with Gasteiger partial charge >= 0.3 is 6.18 Å². The average molecular weight is 481 g/mol. The molecule has 2 aromatic rings. The fourth-order valence-electron chi connectivity index (χ4n) is 3.44. The molecular weight excluding hydrogens is 463 g/mol. The molecule has 3 rings (SSSR count). The Labute approximate surface area is 188 Å². The van der Waals surface area contributed by atoms with Gasteiger partial charge in [0.25, 0.3) is 0 Å². The molecule has 0 amide bonds. The van der Waals surface area contributed by atoms with Gasteiger partial charge in [0.15, 0.2) is 5.69 Å². The lowest BCUT2D eigenvalue weighted by Gasteiger charge is -2.27. The van der Waals surface area contributed by atoms with Gasteiger partial charge in [0.1, 0.15) is 17.5 Å². The van der Waals surface area contributed by atoms with Crippen LogP contribution < -0.4 is 4.74 Å². The van der Waals surface area contributed by atoms with Crippen LogP contribution in [-0.4, -0.2) is 54.3 Å². The van der Waals surface area contributed by atoms with E-state index in [-0.39, 0.29) is 5.75 Å². The molecule has 0 aromatic heterocycles. The molecule has 8 nitrogen and oxygen atoms in total. The fraction of sp³-hybridized carbons (Fsp3) is 0.333. The van der Waals surface area contributed by atoms with E-state index in [1.54, 1.807) is 6.92 Å². The summed E-state index contributed by atoms with van der Waals surface area (Å²) in [5, 5.41) is 20.5. The number of halogens is 3. The van der Waals surface area contributed by atoms with Crippen molar-refractivity contribution < 1.29 is 36.5 Å². The van der Waals surface area contributed by atoms with Gasteiger partial charge in [-0.25, -0.2) is 18.1 Å². The molecule has 0 unspecified atom stereocenters. The first-order chi connectivity index (χ1) is 15.4. The van der Waals surface area contributed by atoms with Gasteiger partial charge in [-0.15, -0.1) is 0 Å². The van der Waals surface area contributed by atoms with Crippen LogP contribution in [0.1, 0.15) is 11.1 Å². The van der Waals surface area contributed by atoms with E-state index in [9.17, 15) is 31.8 Å². The lowest BCUT2D eigenvalue weighted by molar-refractivity contribution is -0.137. The van der Waals surface area contributed by atoms with E-state index in [0.717, 1.165) is 4.31 Å². The van der Waals surface area contributed by atoms with Gasteiger partial charge < -0.3 is 14.9 Å². The molecule has 33 heavy (non-hydrogen) atoms. The molecular formula is C21H18F3N3O5S. The van der Waals surface area contributed by atoms with Crippen molar-refractivity contribution in [1.82, 2.24) is 4.31 Å². The molecule has 1 fully saturated rings. The lowest BCUT2D eigenvalue weighted by atomic mass is 10.0. The van der Waals surface area contributed by atoms with E-state index in [2.05, 4.69) is 9.69 Å². The molecule has 174 valence electrons. The SMILES string of the molecule is [C-]#[N+]c1ccc(O[C@H]2CN(S(=O)(=O)c3ccc(C(F)(F)F)cc3[N+]#[C-])C[C@@]2(O)CO)cc1C. The molecule has 2 aromatic carbocycles. The second kappa shape index (κ2) is 8.65. The number of sulfonamides is 1. The molecule has 2 atom stereocenters. The Morgan fingerprint density at radius 1 is 1.18 bits per heavy atom. The zero-order valence-corrected chi connectivity index (χ0v) is 18.0. The first-order valence-corrected chi connectivity index (χ1v) is 10.9. The van der Waals surface area contributed by atoms with Crippen LogP contribution >= 0.6 is 0 Å². The minimum Gasteiger partial charge on any atom is -0.486 e. The number of aliphatic hydroxyl groups excluding tert-OH is 1. The third kappa shape index (κ3) is 4.65. The van der Waals surface area contributed by atoms with Crippen molar-refractivity contribution in [1.29, 1.82) is 0 Å². The maximum Gasteiger partial charge on any atom is 0.415 e. The predicted molar refractivity (Wildman–Crippen MR) is 110 cm³/mol. The van der Waals surface area contributed by atoms with Crippen molar-refractivity contribution in [3.8, 4) is 5.75 Å². The number of nitrogens with zero attached hydrogens (tertiary/aromatic N) is 3.